The van der Waals surface area contributed by atoms with E-state index in [4.69, 9.17) is 4.74 Å². The summed E-state index contributed by atoms with van der Waals surface area (Å²) >= 11 is 0. The maximum absolute atomic E-state index is 13.5. The van der Waals surface area contributed by atoms with Crippen molar-refractivity contribution in [1.82, 2.24) is 4.90 Å². The lowest BCUT2D eigenvalue weighted by atomic mass is 9.83. The fraction of sp³-hybridized carbons (Fsp3) is 0.350. The maximum atomic E-state index is 13.5. The topological polar surface area (TPSA) is 70.0 Å². The number of benzene rings is 2. The van der Waals surface area contributed by atoms with Crippen LogP contribution in [-0.2, 0) is 10.4 Å². The summed E-state index contributed by atoms with van der Waals surface area (Å²) in [6, 6.07) is 12.3. The Morgan fingerprint density at radius 2 is 1.85 bits per heavy atom. The lowest BCUT2D eigenvalue weighted by Gasteiger charge is -2.41. The molecule has 0 radical (unpaired) electrons. The molecule has 138 valence electrons. The van der Waals surface area contributed by atoms with Crippen LogP contribution in [-0.4, -0.2) is 41.3 Å². The smallest absolute Gasteiger partial charge is 0.325 e. The number of carboxylic acid groups (broad SMARTS) is 1. The van der Waals surface area contributed by atoms with Crippen LogP contribution in [0.15, 0.2) is 48.5 Å². The lowest BCUT2D eigenvalue weighted by molar-refractivity contribution is -0.146. The van der Waals surface area contributed by atoms with Crippen LogP contribution in [0, 0.1) is 5.82 Å². The van der Waals surface area contributed by atoms with Gasteiger partial charge < -0.3 is 14.9 Å². The summed E-state index contributed by atoms with van der Waals surface area (Å²) in [5, 5.41) is 20.7. The molecule has 0 aliphatic carbocycles. The van der Waals surface area contributed by atoms with Crippen molar-refractivity contribution in [3.05, 3.63) is 65.5 Å². The molecule has 0 bridgehead atoms. The van der Waals surface area contributed by atoms with Gasteiger partial charge in [-0.05, 0) is 24.5 Å². The number of nitrogens with zero attached hydrogens (tertiary/aromatic N) is 1. The Morgan fingerprint density at radius 3 is 2.42 bits per heavy atom. The van der Waals surface area contributed by atoms with Crippen LogP contribution in [0.25, 0.3) is 0 Å². The zero-order valence-corrected chi connectivity index (χ0v) is 14.6. The van der Waals surface area contributed by atoms with E-state index in [1.807, 2.05) is 30.3 Å². The molecule has 1 saturated heterocycles. The van der Waals surface area contributed by atoms with E-state index in [0.29, 0.717) is 31.5 Å². The zero-order chi connectivity index (χ0) is 18.7. The van der Waals surface area contributed by atoms with Crippen molar-refractivity contribution >= 4 is 5.97 Å². The number of halogens is 1. The highest BCUT2D eigenvalue weighted by atomic mass is 19.1. The number of hydrogen-bond donors (Lipinski definition) is 2. The second-order valence-electron chi connectivity index (χ2n) is 6.56. The quantitative estimate of drug-likeness (QED) is 0.859. The molecule has 1 aliphatic heterocycles. The molecule has 3 rings (SSSR count). The first-order valence-corrected chi connectivity index (χ1v) is 8.53. The van der Waals surface area contributed by atoms with E-state index in [1.54, 1.807) is 4.90 Å². The summed E-state index contributed by atoms with van der Waals surface area (Å²) in [7, 11) is 1.39. The minimum absolute atomic E-state index is 0.210. The Balaban J connectivity index is 1.83. The maximum Gasteiger partial charge on any atom is 0.325 e. The van der Waals surface area contributed by atoms with Gasteiger partial charge in [-0.15, -0.1) is 0 Å². The first kappa shape index (κ1) is 18.4. The van der Waals surface area contributed by atoms with E-state index < -0.39 is 23.4 Å². The van der Waals surface area contributed by atoms with Gasteiger partial charge in [0.1, 0.15) is 17.6 Å². The molecule has 0 spiro atoms. The van der Waals surface area contributed by atoms with Crippen LogP contribution in [0.1, 0.15) is 30.0 Å². The molecule has 2 aromatic carbocycles. The van der Waals surface area contributed by atoms with Crippen LogP contribution < -0.4 is 4.74 Å². The molecule has 0 amide bonds. The standard InChI is InChI=1S/C20H22FNO4/c1-26-17-13-15(21)7-8-16(17)18(19(23)24)22-11-9-20(25,10-12-22)14-5-3-2-4-6-14/h2-8,13,18,25H,9-12H2,1H3,(H,23,24)/t18-/m0/s1. The van der Waals surface area contributed by atoms with Crippen molar-refractivity contribution in [2.75, 3.05) is 20.2 Å². The number of methoxy groups -OCH3 is 1. The summed E-state index contributed by atoms with van der Waals surface area (Å²) < 4.78 is 18.6. The fourth-order valence-electron chi connectivity index (χ4n) is 3.59. The van der Waals surface area contributed by atoms with Crippen LogP contribution in [0.2, 0.25) is 0 Å². The summed E-state index contributed by atoms with van der Waals surface area (Å²) in [6.45, 7) is 0.811. The SMILES string of the molecule is COc1cc(F)ccc1[C@@H](C(=O)O)N1CCC(O)(c2ccccc2)CC1. The Bertz CT molecular complexity index is 773. The summed E-state index contributed by atoms with van der Waals surface area (Å²) in [5.41, 5.74) is 0.283. The molecule has 6 heteroatoms. The number of carbonyl (C=O) groups is 1. The minimum Gasteiger partial charge on any atom is -0.496 e. The van der Waals surface area contributed by atoms with E-state index in [2.05, 4.69) is 0 Å². The van der Waals surface area contributed by atoms with Gasteiger partial charge >= 0.3 is 5.97 Å². The molecule has 0 aromatic heterocycles. The molecule has 26 heavy (non-hydrogen) atoms. The average molecular weight is 359 g/mol. The third-order valence-electron chi connectivity index (χ3n) is 5.03. The molecule has 0 unspecified atom stereocenters. The van der Waals surface area contributed by atoms with Crippen molar-refractivity contribution < 1.29 is 24.1 Å². The molecule has 1 fully saturated rings. The molecule has 2 aromatic rings. The summed E-state index contributed by atoms with van der Waals surface area (Å²) in [6.07, 6.45) is 0.842. The van der Waals surface area contributed by atoms with Gasteiger partial charge in [0.2, 0.25) is 0 Å². The number of aliphatic carboxylic acids is 1. The van der Waals surface area contributed by atoms with Gasteiger partial charge in [-0.2, -0.15) is 0 Å². The van der Waals surface area contributed by atoms with Crippen molar-refractivity contribution in [3.8, 4) is 5.75 Å². The third-order valence-corrected chi connectivity index (χ3v) is 5.03. The van der Waals surface area contributed by atoms with Crippen LogP contribution >= 0.6 is 0 Å². The van der Waals surface area contributed by atoms with Crippen molar-refractivity contribution in [2.45, 2.75) is 24.5 Å². The normalized spacial score (nSPS) is 18.3. The lowest BCUT2D eigenvalue weighted by Crippen LogP contribution is -2.46. The molecular weight excluding hydrogens is 337 g/mol. The number of ether oxygens (including phenoxy) is 1. The van der Waals surface area contributed by atoms with E-state index in [1.165, 1.54) is 25.3 Å². The van der Waals surface area contributed by atoms with Crippen molar-refractivity contribution in [3.63, 3.8) is 0 Å². The number of carboxylic acids is 1. The summed E-state index contributed by atoms with van der Waals surface area (Å²) in [5.74, 6) is -1.30. The van der Waals surface area contributed by atoms with Gasteiger partial charge in [0.15, 0.2) is 0 Å². The van der Waals surface area contributed by atoms with Crippen molar-refractivity contribution in [1.29, 1.82) is 0 Å². The molecule has 1 atom stereocenters. The monoisotopic (exact) mass is 359 g/mol. The third kappa shape index (κ3) is 3.57. The highest BCUT2D eigenvalue weighted by Gasteiger charge is 2.39. The highest BCUT2D eigenvalue weighted by Crippen LogP contribution is 2.37. The molecular formula is C20H22FNO4. The van der Waals surface area contributed by atoms with Crippen LogP contribution in [0.5, 0.6) is 5.75 Å². The van der Waals surface area contributed by atoms with Gasteiger partial charge in [0.25, 0.3) is 0 Å². The van der Waals surface area contributed by atoms with Gasteiger partial charge in [0, 0.05) is 24.7 Å². The van der Waals surface area contributed by atoms with Gasteiger partial charge in [-0.25, -0.2) is 4.39 Å². The molecule has 1 aliphatic rings. The van der Waals surface area contributed by atoms with Gasteiger partial charge in [-0.1, -0.05) is 36.4 Å². The molecule has 1 heterocycles. The molecule has 0 saturated carbocycles. The van der Waals surface area contributed by atoms with Gasteiger partial charge in [0.05, 0.1) is 12.7 Å². The number of aliphatic hydroxyl groups is 1. The Morgan fingerprint density at radius 1 is 1.19 bits per heavy atom. The number of rotatable bonds is 5. The van der Waals surface area contributed by atoms with E-state index in [9.17, 15) is 19.4 Å². The average Bonchev–Trinajstić information content (AvgIpc) is 2.65. The van der Waals surface area contributed by atoms with Crippen LogP contribution in [0.3, 0.4) is 0 Å². The second-order valence-corrected chi connectivity index (χ2v) is 6.56. The number of hydrogen-bond acceptors (Lipinski definition) is 4. The van der Waals surface area contributed by atoms with E-state index >= 15 is 0 Å². The fourth-order valence-corrected chi connectivity index (χ4v) is 3.59. The Hall–Kier alpha value is -2.44. The Kier molecular flexibility index (Phi) is 5.25. The first-order chi connectivity index (χ1) is 12.4. The zero-order valence-electron chi connectivity index (χ0n) is 14.6. The Labute approximate surface area is 151 Å². The first-order valence-electron chi connectivity index (χ1n) is 8.53. The minimum atomic E-state index is -1.03. The second kappa shape index (κ2) is 7.43. The van der Waals surface area contributed by atoms with Crippen molar-refractivity contribution in [2.24, 2.45) is 0 Å². The predicted octanol–water partition coefficient (Wildman–Crippen LogP) is 2.94. The molecule has 5 nitrogen and oxygen atoms in total. The van der Waals surface area contributed by atoms with Gasteiger partial charge in [-0.3, -0.25) is 9.69 Å². The highest BCUT2D eigenvalue weighted by molar-refractivity contribution is 5.76. The predicted molar refractivity (Wildman–Crippen MR) is 94.5 cm³/mol. The van der Waals surface area contributed by atoms with E-state index in [0.717, 1.165) is 5.56 Å². The molecule has 2 N–H and O–H groups in total. The summed E-state index contributed by atoms with van der Waals surface area (Å²) in [4.78, 5) is 13.7. The van der Waals surface area contributed by atoms with Crippen LogP contribution in [0.4, 0.5) is 4.39 Å². The van der Waals surface area contributed by atoms with E-state index in [-0.39, 0.29) is 5.75 Å². The number of likely N-dealkylation sites (tertiary alicyclic amines) is 1. The largest absolute Gasteiger partial charge is 0.496 e. The number of piperidine rings is 1.